The van der Waals surface area contributed by atoms with Crippen molar-refractivity contribution in [1.29, 1.82) is 0 Å². The maximum atomic E-state index is 9.21. The van der Waals surface area contributed by atoms with Crippen molar-refractivity contribution in [2.75, 3.05) is 11.0 Å². The van der Waals surface area contributed by atoms with E-state index in [9.17, 15) is 5.02 Å². The largest absolute Gasteiger partial charge is 0.432 e. The molecule has 0 bridgehead atoms. The van der Waals surface area contributed by atoms with E-state index < -0.39 is 7.05 Å². The van der Waals surface area contributed by atoms with Gasteiger partial charge in [-0.05, 0) is 12.2 Å². The van der Waals surface area contributed by atoms with Crippen LogP contribution in [0.2, 0.25) is 0 Å². The van der Waals surface area contributed by atoms with Gasteiger partial charge in [-0.25, -0.2) is 4.98 Å². The summed E-state index contributed by atoms with van der Waals surface area (Å²) in [4.78, 5) is 6.69. The Morgan fingerprint density at radius 3 is 3.17 bits per heavy atom. The van der Waals surface area contributed by atoms with Crippen molar-refractivity contribution < 1.29 is 5.02 Å². The number of rotatable bonds is 0. The summed E-state index contributed by atoms with van der Waals surface area (Å²) in [6.07, 6.45) is 0.472. The zero-order chi connectivity index (χ0) is 8.72. The summed E-state index contributed by atoms with van der Waals surface area (Å²) in [6, 6.07) is 0. The second-order valence-corrected chi connectivity index (χ2v) is 3.03. The van der Waals surface area contributed by atoms with Crippen LogP contribution in [0.15, 0.2) is 0 Å². The Morgan fingerprint density at radius 2 is 2.42 bits per heavy atom. The summed E-state index contributed by atoms with van der Waals surface area (Å²) in [7, 11) is -0.597. The minimum Gasteiger partial charge on any atom is -0.432 e. The summed E-state index contributed by atoms with van der Waals surface area (Å²) < 4.78 is 0.327. The Balaban J connectivity index is 2.60. The van der Waals surface area contributed by atoms with Crippen LogP contribution in [0, 0.1) is 4.77 Å². The Hall–Kier alpha value is -1.08. The van der Waals surface area contributed by atoms with Crippen molar-refractivity contribution >= 4 is 30.9 Å². The van der Waals surface area contributed by atoms with Crippen LogP contribution in [0.1, 0.15) is 5.56 Å². The molecule has 1 aliphatic heterocycles. The van der Waals surface area contributed by atoms with Crippen LogP contribution >= 0.6 is 12.2 Å². The maximum absolute atomic E-state index is 9.21. The van der Waals surface area contributed by atoms with Gasteiger partial charge < -0.3 is 21.0 Å². The van der Waals surface area contributed by atoms with Gasteiger partial charge in [0, 0.05) is 11.9 Å². The third-order valence-corrected chi connectivity index (χ3v) is 1.96. The molecule has 0 aliphatic carbocycles. The summed E-state index contributed by atoms with van der Waals surface area (Å²) in [5.74, 6) is 1.07. The fraction of sp³-hybridized carbons (Fsp3) is 0.200. The Bertz CT molecular complexity index is 378. The van der Waals surface area contributed by atoms with E-state index in [-0.39, 0.29) is 0 Å². The van der Waals surface area contributed by atoms with Gasteiger partial charge in [0.25, 0.3) is 0 Å². The van der Waals surface area contributed by atoms with Crippen LogP contribution in [-0.4, -0.2) is 22.0 Å². The van der Waals surface area contributed by atoms with Gasteiger partial charge in [-0.1, -0.05) is 0 Å². The second-order valence-electron chi connectivity index (χ2n) is 2.65. The molecule has 0 spiro atoms. The normalized spacial score (nSPS) is 14.2. The molecule has 0 saturated carbocycles. The predicted octanol–water partition coefficient (Wildman–Crippen LogP) is -0.291. The number of aromatic nitrogens is 2. The molecule has 2 rings (SSSR count). The number of anilines is 2. The summed E-state index contributed by atoms with van der Waals surface area (Å²) in [5.41, 5.74) is 6.42. The highest BCUT2D eigenvalue weighted by Gasteiger charge is 2.26. The number of nitrogens with one attached hydrogen (secondary N) is 2. The highest BCUT2D eigenvalue weighted by Crippen LogP contribution is 2.24. The molecule has 7 heteroatoms. The fourth-order valence-corrected chi connectivity index (χ4v) is 1.44. The molecule has 0 radical (unpaired) electrons. The molecule has 0 saturated heterocycles. The van der Waals surface area contributed by atoms with E-state index in [2.05, 4.69) is 15.2 Å². The van der Waals surface area contributed by atoms with Gasteiger partial charge in [0.2, 0.25) is 0 Å². The number of nitrogens with zero attached hydrogens (tertiary/aromatic N) is 1. The summed E-state index contributed by atoms with van der Waals surface area (Å²) in [6.45, 7) is 0. The summed E-state index contributed by atoms with van der Waals surface area (Å²) >= 11 is 4.81. The Labute approximate surface area is 74.2 Å². The van der Waals surface area contributed by atoms with Crippen LogP contribution in [-0.2, 0) is 6.32 Å². The number of hydrogen-bond acceptors (Lipinski definition) is 5. The molecule has 5 N–H and O–H groups in total. The first kappa shape index (κ1) is 7.57. The van der Waals surface area contributed by atoms with Crippen LogP contribution in [0.3, 0.4) is 0 Å². The van der Waals surface area contributed by atoms with E-state index in [0.29, 0.717) is 22.7 Å². The predicted molar refractivity (Wildman–Crippen MR) is 49.1 cm³/mol. The smallest absolute Gasteiger partial charge is 0.416 e. The third-order valence-electron chi connectivity index (χ3n) is 1.77. The van der Waals surface area contributed by atoms with E-state index in [1.807, 2.05) is 0 Å². The van der Waals surface area contributed by atoms with Gasteiger partial charge in [0.1, 0.15) is 11.6 Å². The number of aromatic amines is 1. The topological polar surface area (TPSA) is 87.0 Å². The monoisotopic (exact) mass is 182 g/mol. The van der Waals surface area contributed by atoms with Crippen molar-refractivity contribution in [3.8, 4) is 0 Å². The second kappa shape index (κ2) is 2.46. The third kappa shape index (κ3) is 1.07. The first-order valence-electron chi connectivity index (χ1n) is 3.50. The van der Waals surface area contributed by atoms with Crippen molar-refractivity contribution in [2.24, 2.45) is 0 Å². The van der Waals surface area contributed by atoms with Gasteiger partial charge in [0.15, 0.2) is 4.77 Å². The highest BCUT2D eigenvalue weighted by molar-refractivity contribution is 7.71. The molecule has 1 aromatic rings. The Kier molecular flexibility index (Phi) is 1.55. The maximum Gasteiger partial charge on any atom is 0.416 e. The number of nitrogen functional groups attached to an aromatic ring is 1. The molecule has 0 unspecified atom stereocenters. The van der Waals surface area contributed by atoms with Crippen LogP contribution < -0.4 is 11.0 Å². The first-order chi connectivity index (χ1) is 5.66. The average Bonchev–Trinajstić information content (AvgIpc) is 2.29. The fourth-order valence-electron chi connectivity index (χ4n) is 1.24. The molecule has 0 atom stereocenters. The van der Waals surface area contributed by atoms with E-state index in [1.54, 1.807) is 0 Å². The lowest BCUT2D eigenvalue weighted by atomic mass is 9.81. The van der Waals surface area contributed by atoms with E-state index in [1.165, 1.54) is 0 Å². The van der Waals surface area contributed by atoms with Gasteiger partial charge >= 0.3 is 7.05 Å². The average molecular weight is 182 g/mol. The van der Waals surface area contributed by atoms with Gasteiger partial charge in [0.05, 0.1) is 0 Å². The molecule has 0 amide bonds. The molecule has 5 nitrogen and oxygen atoms in total. The SMILES string of the molecule is Nc1[nH]c(=S)nc2c1CB(O)N2. The summed E-state index contributed by atoms with van der Waals surface area (Å²) in [5, 5.41) is 12.0. The minimum absolute atomic E-state index is 0.327. The number of fused-ring (bicyclic) bond motifs is 1. The zero-order valence-electron chi connectivity index (χ0n) is 6.16. The quantitative estimate of drug-likeness (QED) is 0.327. The lowest BCUT2D eigenvalue weighted by Gasteiger charge is -2.00. The molecule has 1 aromatic heterocycles. The van der Waals surface area contributed by atoms with Crippen LogP contribution in [0.4, 0.5) is 11.6 Å². The molecule has 62 valence electrons. The standard InChI is InChI=1S/C5H7BN4OS/c7-3-2-1-6(11)10-4(2)9-5(12)8-3/h11H,1H2,(H4,7,8,9,10,12). The highest BCUT2D eigenvalue weighted by atomic mass is 32.1. The van der Waals surface area contributed by atoms with Gasteiger partial charge in [-0.2, -0.15) is 0 Å². The number of H-pyrrole nitrogens is 1. The van der Waals surface area contributed by atoms with Crippen LogP contribution in [0.5, 0.6) is 0 Å². The van der Waals surface area contributed by atoms with Gasteiger partial charge in [-0.3, -0.25) is 0 Å². The van der Waals surface area contributed by atoms with Crippen molar-refractivity contribution in [2.45, 2.75) is 6.32 Å². The lowest BCUT2D eigenvalue weighted by Crippen LogP contribution is -2.20. The molecule has 2 heterocycles. The molecular formula is C5H7BN4OS. The zero-order valence-corrected chi connectivity index (χ0v) is 6.98. The van der Waals surface area contributed by atoms with E-state index >= 15 is 0 Å². The molecule has 1 aliphatic rings. The van der Waals surface area contributed by atoms with E-state index in [0.717, 1.165) is 5.56 Å². The number of nitrogens with two attached hydrogens (primary N) is 1. The minimum atomic E-state index is -0.597. The van der Waals surface area contributed by atoms with Crippen molar-refractivity contribution in [3.05, 3.63) is 10.3 Å². The first-order valence-corrected chi connectivity index (χ1v) is 3.91. The molecule has 12 heavy (non-hydrogen) atoms. The molecule has 0 fully saturated rings. The molecular weight excluding hydrogens is 175 g/mol. The van der Waals surface area contributed by atoms with Crippen molar-refractivity contribution in [3.63, 3.8) is 0 Å². The van der Waals surface area contributed by atoms with E-state index in [4.69, 9.17) is 18.0 Å². The number of hydrogen-bond donors (Lipinski definition) is 4. The van der Waals surface area contributed by atoms with Crippen molar-refractivity contribution in [1.82, 2.24) is 9.97 Å². The molecule has 0 aromatic carbocycles. The van der Waals surface area contributed by atoms with Crippen LogP contribution in [0.25, 0.3) is 0 Å². The van der Waals surface area contributed by atoms with Gasteiger partial charge in [-0.15, -0.1) is 0 Å². The lowest BCUT2D eigenvalue weighted by molar-refractivity contribution is 0.580. The Morgan fingerprint density at radius 1 is 1.67 bits per heavy atom.